The molecule has 0 spiro atoms. The maximum Gasteiger partial charge on any atom is 0.123 e. The summed E-state index contributed by atoms with van der Waals surface area (Å²) in [7, 11) is 1.68. The minimum atomic E-state index is 0.525. The van der Waals surface area contributed by atoms with Crippen molar-refractivity contribution in [3.63, 3.8) is 0 Å². The van der Waals surface area contributed by atoms with Gasteiger partial charge in [0, 0.05) is 23.1 Å². The van der Waals surface area contributed by atoms with Crippen molar-refractivity contribution < 1.29 is 4.74 Å². The monoisotopic (exact) mass is 330 g/mol. The van der Waals surface area contributed by atoms with Crippen LogP contribution in [0.5, 0.6) is 5.75 Å². The van der Waals surface area contributed by atoms with Crippen LogP contribution in [0, 0.1) is 0 Å². The summed E-state index contributed by atoms with van der Waals surface area (Å²) in [5.41, 5.74) is 6.76. The zero-order chi connectivity index (χ0) is 13.5. The predicted octanol–water partition coefficient (Wildman–Crippen LogP) is 2.96. The van der Waals surface area contributed by atoms with Crippen molar-refractivity contribution in [3.8, 4) is 5.75 Å². The first-order valence-corrected chi connectivity index (χ1v) is 7.10. The number of methoxy groups -OCH3 is 1. The molecule has 1 rings (SSSR count). The third-order valence-corrected chi connectivity index (χ3v) is 3.18. The third-order valence-electron chi connectivity index (χ3n) is 2.56. The Morgan fingerprint density at radius 1 is 1.50 bits per heavy atom. The van der Waals surface area contributed by atoms with Crippen LogP contribution < -0.4 is 10.5 Å². The minimum absolute atomic E-state index is 0.525. The van der Waals surface area contributed by atoms with Crippen molar-refractivity contribution in [2.24, 2.45) is 5.73 Å². The smallest absolute Gasteiger partial charge is 0.123 e. The molecule has 0 saturated carbocycles. The van der Waals surface area contributed by atoms with Crippen LogP contribution in [0.3, 0.4) is 0 Å². The number of hydrogen-bond donors (Lipinski definition) is 1. The molecule has 18 heavy (non-hydrogen) atoms. The lowest BCUT2D eigenvalue weighted by atomic mass is 10.2. The Hall–Kier alpha value is -0.650. The minimum Gasteiger partial charge on any atom is -0.496 e. The molecule has 100 valence electrons. The SMILES string of the molecule is CCCN(CC(N)=S)Cc1cc(Br)ccc1OC. The molecule has 0 aliphatic heterocycles. The molecule has 0 aliphatic rings. The van der Waals surface area contributed by atoms with Gasteiger partial charge in [-0.25, -0.2) is 0 Å². The van der Waals surface area contributed by atoms with Gasteiger partial charge in [0.15, 0.2) is 0 Å². The van der Waals surface area contributed by atoms with Crippen molar-refractivity contribution in [2.45, 2.75) is 19.9 Å². The van der Waals surface area contributed by atoms with E-state index >= 15 is 0 Å². The van der Waals surface area contributed by atoms with Gasteiger partial charge in [-0.3, -0.25) is 4.90 Å². The van der Waals surface area contributed by atoms with E-state index in [1.54, 1.807) is 7.11 Å². The highest BCUT2D eigenvalue weighted by molar-refractivity contribution is 9.10. The van der Waals surface area contributed by atoms with Gasteiger partial charge in [0.1, 0.15) is 5.75 Å². The van der Waals surface area contributed by atoms with Gasteiger partial charge in [-0.05, 0) is 31.2 Å². The van der Waals surface area contributed by atoms with Crippen LogP contribution >= 0.6 is 28.1 Å². The van der Waals surface area contributed by atoms with Gasteiger partial charge in [0.05, 0.1) is 12.1 Å². The molecule has 0 saturated heterocycles. The Bertz CT molecular complexity index is 412. The van der Waals surface area contributed by atoms with Crippen LogP contribution in [0.1, 0.15) is 18.9 Å². The lowest BCUT2D eigenvalue weighted by Crippen LogP contribution is -2.33. The van der Waals surface area contributed by atoms with Crippen molar-refractivity contribution >= 4 is 33.1 Å². The Balaban J connectivity index is 2.84. The molecule has 0 aromatic heterocycles. The summed E-state index contributed by atoms with van der Waals surface area (Å²) >= 11 is 8.47. The largest absolute Gasteiger partial charge is 0.496 e. The molecule has 1 aromatic carbocycles. The number of nitrogens with zero attached hydrogens (tertiary/aromatic N) is 1. The van der Waals surface area contributed by atoms with Crippen LogP contribution in [0.2, 0.25) is 0 Å². The van der Waals surface area contributed by atoms with E-state index in [9.17, 15) is 0 Å². The molecule has 0 aliphatic carbocycles. The quantitative estimate of drug-likeness (QED) is 0.780. The number of benzene rings is 1. The summed E-state index contributed by atoms with van der Waals surface area (Å²) in [6.07, 6.45) is 1.07. The van der Waals surface area contributed by atoms with Gasteiger partial charge < -0.3 is 10.5 Å². The first-order chi connectivity index (χ1) is 8.56. The zero-order valence-electron chi connectivity index (χ0n) is 10.8. The second-order valence-corrected chi connectivity index (χ2v) is 5.57. The molecule has 0 amide bonds. The van der Waals surface area contributed by atoms with Gasteiger partial charge in [-0.1, -0.05) is 35.1 Å². The molecule has 0 radical (unpaired) electrons. The molecule has 1 aromatic rings. The Morgan fingerprint density at radius 2 is 2.22 bits per heavy atom. The summed E-state index contributed by atoms with van der Waals surface area (Å²) < 4.78 is 6.42. The Kier molecular flexibility index (Phi) is 6.60. The van der Waals surface area contributed by atoms with E-state index in [2.05, 4.69) is 33.8 Å². The average Bonchev–Trinajstić information content (AvgIpc) is 2.28. The molecule has 3 nitrogen and oxygen atoms in total. The molecule has 0 bridgehead atoms. The van der Waals surface area contributed by atoms with Crippen molar-refractivity contribution in [1.82, 2.24) is 4.90 Å². The molecule has 0 unspecified atom stereocenters. The molecule has 0 fully saturated rings. The van der Waals surface area contributed by atoms with E-state index in [-0.39, 0.29) is 0 Å². The van der Waals surface area contributed by atoms with Gasteiger partial charge in [0.2, 0.25) is 0 Å². The lowest BCUT2D eigenvalue weighted by molar-refractivity contribution is 0.297. The topological polar surface area (TPSA) is 38.5 Å². The van der Waals surface area contributed by atoms with E-state index < -0.39 is 0 Å². The van der Waals surface area contributed by atoms with Crippen LogP contribution in [-0.2, 0) is 6.54 Å². The highest BCUT2D eigenvalue weighted by Crippen LogP contribution is 2.24. The summed E-state index contributed by atoms with van der Waals surface area (Å²) in [5.74, 6) is 0.891. The molecule has 0 heterocycles. The normalized spacial score (nSPS) is 10.7. The second-order valence-electron chi connectivity index (χ2n) is 4.13. The molecule has 0 atom stereocenters. The van der Waals surface area contributed by atoms with E-state index in [4.69, 9.17) is 22.7 Å². The highest BCUT2D eigenvalue weighted by Gasteiger charge is 2.10. The number of hydrogen-bond acceptors (Lipinski definition) is 3. The second kappa shape index (κ2) is 7.71. The predicted molar refractivity (Wildman–Crippen MR) is 83.0 cm³/mol. The van der Waals surface area contributed by atoms with Crippen LogP contribution in [0.25, 0.3) is 0 Å². The van der Waals surface area contributed by atoms with Gasteiger partial charge in [0.25, 0.3) is 0 Å². The lowest BCUT2D eigenvalue weighted by Gasteiger charge is -2.22. The van der Waals surface area contributed by atoms with E-state index in [1.807, 2.05) is 12.1 Å². The van der Waals surface area contributed by atoms with Gasteiger partial charge in [-0.15, -0.1) is 0 Å². The molecular weight excluding hydrogens is 312 g/mol. The van der Waals surface area contributed by atoms with Crippen LogP contribution in [-0.4, -0.2) is 30.1 Å². The van der Waals surface area contributed by atoms with Crippen molar-refractivity contribution in [1.29, 1.82) is 0 Å². The molecular formula is C13H19BrN2OS. The molecule has 5 heteroatoms. The number of thiocarbonyl (C=S) groups is 1. The van der Waals surface area contributed by atoms with Crippen LogP contribution in [0.15, 0.2) is 22.7 Å². The van der Waals surface area contributed by atoms with Gasteiger partial charge >= 0.3 is 0 Å². The Morgan fingerprint density at radius 3 is 2.78 bits per heavy atom. The summed E-state index contributed by atoms with van der Waals surface area (Å²) in [4.78, 5) is 2.75. The van der Waals surface area contributed by atoms with Crippen molar-refractivity contribution in [3.05, 3.63) is 28.2 Å². The first-order valence-electron chi connectivity index (χ1n) is 5.90. The fourth-order valence-corrected chi connectivity index (χ4v) is 2.45. The first kappa shape index (κ1) is 15.4. The zero-order valence-corrected chi connectivity index (χ0v) is 13.2. The Labute approximate surface area is 122 Å². The van der Waals surface area contributed by atoms with Crippen LogP contribution in [0.4, 0.5) is 0 Å². The highest BCUT2D eigenvalue weighted by atomic mass is 79.9. The number of rotatable bonds is 7. The summed E-state index contributed by atoms with van der Waals surface area (Å²) in [6, 6.07) is 6.01. The van der Waals surface area contributed by atoms with E-state index in [1.165, 1.54) is 0 Å². The summed E-state index contributed by atoms with van der Waals surface area (Å²) in [6.45, 7) is 4.53. The number of halogens is 1. The third kappa shape index (κ3) is 4.92. The fraction of sp³-hybridized carbons (Fsp3) is 0.462. The average molecular weight is 331 g/mol. The van der Waals surface area contributed by atoms with Crippen molar-refractivity contribution in [2.75, 3.05) is 20.2 Å². The van der Waals surface area contributed by atoms with E-state index in [0.717, 1.165) is 35.3 Å². The maximum absolute atomic E-state index is 5.63. The van der Waals surface area contributed by atoms with Gasteiger partial charge in [-0.2, -0.15) is 0 Å². The summed E-state index contributed by atoms with van der Waals surface area (Å²) in [5, 5.41) is 0. The number of ether oxygens (including phenoxy) is 1. The maximum atomic E-state index is 5.63. The standard InChI is InChI=1S/C13H19BrN2OS/c1-3-6-16(9-13(15)18)8-10-7-11(14)4-5-12(10)17-2/h4-5,7H,3,6,8-9H2,1-2H3,(H2,15,18). The fourth-order valence-electron chi connectivity index (χ4n) is 1.86. The van der Waals surface area contributed by atoms with E-state index in [0.29, 0.717) is 11.5 Å². The number of nitrogens with two attached hydrogens (primary N) is 1. The molecule has 2 N–H and O–H groups in total.